The van der Waals surface area contributed by atoms with Gasteiger partial charge in [-0.05, 0) is 129 Å². The van der Waals surface area contributed by atoms with Gasteiger partial charge in [0, 0.05) is 53.5 Å². The standard InChI is InChI=1S/C60H96N6O10/c1-18-37(7)56(63(11)60(70)54(35(3)4)61-58(68)55(36(5)6)62(9)10)52(75-16)33-53(67)65-24-20-21-45(65)57(76-17)38(8)59(69)66-26-23-41-30-49(72-13)51(74-15)32-44(41)47(66)28-42-27-46-43-31-50(73-14)48(71-12)29-40(43)22-25-64(46)34-39(42)19-2/h29-32,35-39,42,45-47,52,54-57H,18-28,33-34H2,1-17H3,(H,61,68)/t37-,38+,39-,42+,45?,46?,47+,52+,54-,55-,56-,57+/m0/s1. The highest BCUT2D eigenvalue weighted by atomic mass is 16.5. The molecule has 2 unspecified atom stereocenters. The van der Waals surface area contributed by atoms with Gasteiger partial charge in [-0.2, -0.15) is 0 Å². The Morgan fingerprint density at radius 3 is 1.86 bits per heavy atom. The van der Waals surface area contributed by atoms with E-state index in [4.69, 9.17) is 28.4 Å². The Kier molecular flexibility index (Phi) is 21.4. The molecule has 4 heterocycles. The lowest BCUT2D eigenvalue weighted by Gasteiger charge is -2.49. The van der Waals surface area contributed by atoms with Crippen LogP contribution in [-0.2, 0) is 41.5 Å². The summed E-state index contributed by atoms with van der Waals surface area (Å²) in [5.41, 5.74) is 4.85. The van der Waals surface area contributed by atoms with Crippen LogP contribution in [0.3, 0.4) is 0 Å². The van der Waals surface area contributed by atoms with Crippen molar-refractivity contribution in [2.24, 2.45) is 35.5 Å². The molecule has 0 radical (unpaired) electrons. The predicted octanol–water partition coefficient (Wildman–Crippen LogP) is 7.83. The zero-order chi connectivity index (χ0) is 55.9. The molecule has 2 fully saturated rings. The van der Waals surface area contributed by atoms with Crippen molar-refractivity contribution in [2.75, 3.05) is 90.0 Å². The average Bonchev–Trinajstić information content (AvgIpc) is 3.92. The van der Waals surface area contributed by atoms with E-state index in [1.807, 2.05) is 58.5 Å². The summed E-state index contributed by atoms with van der Waals surface area (Å²) in [6, 6.07) is 6.50. The summed E-state index contributed by atoms with van der Waals surface area (Å²) < 4.78 is 35.9. The molecule has 12 atom stereocenters. The molecule has 4 amide bonds. The van der Waals surface area contributed by atoms with Crippen LogP contribution < -0.4 is 24.3 Å². The van der Waals surface area contributed by atoms with Gasteiger partial charge in [0.1, 0.15) is 6.04 Å². The molecule has 0 spiro atoms. The number of nitrogens with one attached hydrogen (secondary N) is 1. The van der Waals surface area contributed by atoms with Crippen LogP contribution in [0.15, 0.2) is 24.3 Å². The molecule has 6 rings (SSSR count). The monoisotopic (exact) mass is 1060 g/mol. The van der Waals surface area contributed by atoms with Gasteiger partial charge in [-0.3, -0.25) is 29.0 Å². The fourth-order valence-corrected chi connectivity index (χ4v) is 13.8. The van der Waals surface area contributed by atoms with Gasteiger partial charge in [0.15, 0.2) is 23.0 Å². The number of carbonyl (C=O) groups excluding carboxylic acids is 4. The molecule has 0 saturated carbocycles. The Balaban J connectivity index is 1.26. The third-order valence-corrected chi connectivity index (χ3v) is 18.0. The topological polar surface area (TPSA) is 152 Å². The minimum Gasteiger partial charge on any atom is -0.493 e. The number of hydrogen-bond acceptors (Lipinski definition) is 12. The molecule has 76 heavy (non-hydrogen) atoms. The van der Waals surface area contributed by atoms with Gasteiger partial charge in [-0.25, -0.2) is 0 Å². The molecule has 16 heteroatoms. The first kappa shape index (κ1) is 60.6. The predicted molar refractivity (Wildman–Crippen MR) is 297 cm³/mol. The number of rotatable bonds is 24. The normalized spacial score (nSPS) is 23.4. The zero-order valence-corrected chi connectivity index (χ0v) is 49.4. The molecule has 426 valence electrons. The molecular formula is C60H96N6O10. The van der Waals surface area contributed by atoms with Gasteiger partial charge in [0.05, 0.1) is 77.2 Å². The first-order valence-electron chi connectivity index (χ1n) is 28.4. The first-order valence-corrected chi connectivity index (χ1v) is 28.4. The number of carbonyl (C=O) groups is 4. The highest BCUT2D eigenvalue weighted by Gasteiger charge is 2.47. The van der Waals surface area contributed by atoms with E-state index in [-0.39, 0.29) is 65.9 Å². The number of hydrogen-bond donors (Lipinski definition) is 1. The van der Waals surface area contributed by atoms with Crippen LogP contribution in [0.2, 0.25) is 0 Å². The minimum atomic E-state index is -0.772. The second kappa shape index (κ2) is 26.8. The summed E-state index contributed by atoms with van der Waals surface area (Å²) in [7, 11) is 15.5. The zero-order valence-electron chi connectivity index (χ0n) is 49.4. The summed E-state index contributed by atoms with van der Waals surface area (Å²) in [5, 5.41) is 3.09. The number of nitrogens with zero attached hydrogens (tertiary/aromatic N) is 5. The molecule has 2 saturated heterocycles. The third-order valence-electron chi connectivity index (χ3n) is 18.0. The molecule has 4 aliphatic heterocycles. The summed E-state index contributed by atoms with van der Waals surface area (Å²) in [5.74, 6) is 2.27. The Hall–Kier alpha value is -4.64. The number of ether oxygens (including phenoxy) is 6. The lowest BCUT2D eigenvalue weighted by molar-refractivity contribution is -0.150. The van der Waals surface area contributed by atoms with Gasteiger partial charge in [-0.15, -0.1) is 0 Å². The summed E-state index contributed by atoms with van der Waals surface area (Å²) in [6.45, 7) is 19.3. The number of piperidine rings is 1. The van der Waals surface area contributed by atoms with E-state index in [1.165, 1.54) is 11.1 Å². The van der Waals surface area contributed by atoms with Crippen molar-refractivity contribution in [2.45, 2.75) is 162 Å². The number of likely N-dealkylation sites (tertiary alicyclic amines) is 1. The SMILES string of the molecule is CC[C@H]1CN2CCc3cc(OC)c(OC)cc3C2C[C@@H]1C[C@@H]1c2cc(OC)c(OC)cc2CCN1C(=O)[C@H](C)[C@@H](OC)C1CCCN1C(=O)C[C@@H](OC)[C@H]([C@@H](C)CC)N(C)C(=O)[C@@H](NC(=O)[C@H](C(C)C)N(C)C)C(C)C. The smallest absolute Gasteiger partial charge is 0.245 e. The average molecular weight is 1060 g/mol. The van der Waals surface area contributed by atoms with E-state index in [0.29, 0.717) is 49.3 Å². The van der Waals surface area contributed by atoms with Crippen LogP contribution in [0.1, 0.15) is 135 Å². The van der Waals surface area contributed by atoms with Crippen LogP contribution >= 0.6 is 0 Å². The fourth-order valence-electron chi connectivity index (χ4n) is 13.8. The highest BCUT2D eigenvalue weighted by molar-refractivity contribution is 5.90. The molecule has 0 bridgehead atoms. The quantitative estimate of drug-likeness (QED) is 0.109. The van der Waals surface area contributed by atoms with Crippen molar-refractivity contribution < 1.29 is 47.6 Å². The Morgan fingerprint density at radius 1 is 0.724 bits per heavy atom. The highest BCUT2D eigenvalue weighted by Crippen LogP contribution is 2.50. The van der Waals surface area contributed by atoms with Crippen molar-refractivity contribution >= 4 is 23.6 Å². The second-order valence-corrected chi connectivity index (χ2v) is 23.2. The maximum absolute atomic E-state index is 15.5. The van der Waals surface area contributed by atoms with Gasteiger partial charge in [-0.1, -0.05) is 68.2 Å². The summed E-state index contributed by atoms with van der Waals surface area (Å²) in [4.78, 5) is 68.9. The Bertz CT molecular complexity index is 2280. The fraction of sp³-hybridized carbons (Fsp3) is 0.733. The lowest BCUT2D eigenvalue weighted by atomic mass is 9.72. The van der Waals surface area contributed by atoms with E-state index in [0.717, 1.165) is 74.2 Å². The molecule has 0 aliphatic carbocycles. The first-order chi connectivity index (χ1) is 36.2. The number of amides is 4. The maximum atomic E-state index is 15.5. The third kappa shape index (κ3) is 12.8. The molecule has 16 nitrogen and oxygen atoms in total. The Labute approximate surface area is 456 Å². The summed E-state index contributed by atoms with van der Waals surface area (Å²) in [6.07, 6.45) is 5.39. The van der Waals surface area contributed by atoms with Gasteiger partial charge < -0.3 is 48.4 Å². The van der Waals surface area contributed by atoms with Crippen LogP contribution in [0.5, 0.6) is 23.0 Å². The van der Waals surface area contributed by atoms with E-state index < -0.39 is 36.3 Å². The summed E-state index contributed by atoms with van der Waals surface area (Å²) >= 11 is 0. The molecule has 4 aliphatic rings. The van der Waals surface area contributed by atoms with E-state index in [1.54, 1.807) is 54.6 Å². The van der Waals surface area contributed by atoms with Crippen molar-refractivity contribution in [1.82, 2.24) is 29.8 Å². The number of likely N-dealkylation sites (N-methyl/N-ethyl adjacent to an activating group) is 2. The second-order valence-electron chi connectivity index (χ2n) is 23.2. The van der Waals surface area contributed by atoms with E-state index >= 15 is 4.79 Å². The van der Waals surface area contributed by atoms with Crippen LogP contribution in [0.25, 0.3) is 0 Å². The van der Waals surface area contributed by atoms with Crippen molar-refractivity contribution in [3.63, 3.8) is 0 Å². The lowest BCUT2D eigenvalue weighted by Crippen LogP contribution is -2.59. The molecule has 1 N–H and O–H groups in total. The van der Waals surface area contributed by atoms with Gasteiger partial charge in [0.25, 0.3) is 0 Å². The number of fused-ring (bicyclic) bond motifs is 4. The largest absolute Gasteiger partial charge is 0.493 e. The van der Waals surface area contributed by atoms with Crippen molar-refractivity contribution in [3.05, 3.63) is 46.5 Å². The number of methoxy groups -OCH3 is 6. The van der Waals surface area contributed by atoms with Gasteiger partial charge in [0.2, 0.25) is 23.6 Å². The Morgan fingerprint density at radius 2 is 1.32 bits per heavy atom. The molecular weight excluding hydrogens is 965 g/mol. The van der Waals surface area contributed by atoms with Crippen LogP contribution in [0, 0.1) is 35.5 Å². The van der Waals surface area contributed by atoms with Crippen molar-refractivity contribution in [3.8, 4) is 23.0 Å². The number of benzene rings is 2. The molecule has 2 aromatic rings. The molecule has 0 aromatic heterocycles. The van der Waals surface area contributed by atoms with E-state index in [9.17, 15) is 14.4 Å². The van der Waals surface area contributed by atoms with E-state index in [2.05, 4.69) is 60.2 Å². The maximum Gasteiger partial charge on any atom is 0.245 e. The van der Waals surface area contributed by atoms with Crippen molar-refractivity contribution in [1.29, 1.82) is 0 Å². The molecule has 2 aromatic carbocycles. The van der Waals surface area contributed by atoms with Gasteiger partial charge >= 0.3 is 0 Å². The minimum absolute atomic E-state index is 0.00532. The van der Waals surface area contributed by atoms with Crippen LogP contribution in [0.4, 0.5) is 0 Å². The van der Waals surface area contributed by atoms with Crippen LogP contribution in [-0.4, -0.2) is 174 Å².